The van der Waals surface area contributed by atoms with Crippen LogP contribution in [0.5, 0.6) is 0 Å². The SMILES string of the molecule is Cc1nc(S(N)(=O)=O)sc1Br. The topological polar surface area (TPSA) is 73.0 Å². The number of sulfonamides is 1. The van der Waals surface area contributed by atoms with Gasteiger partial charge in [0.2, 0.25) is 4.34 Å². The average molecular weight is 257 g/mol. The molecule has 0 aliphatic carbocycles. The quantitative estimate of drug-likeness (QED) is 0.810. The Hall–Kier alpha value is 0.0200. The van der Waals surface area contributed by atoms with Crippen LogP contribution >= 0.6 is 27.3 Å². The van der Waals surface area contributed by atoms with Crippen molar-refractivity contribution in [1.82, 2.24) is 4.98 Å². The van der Waals surface area contributed by atoms with Crippen molar-refractivity contribution in [2.24, 2.45) is 5.14 Å². The number of aromatic nitrogens is 1. The van der Waals surface area contributed by atoms with Crippen LogP contribution in [0.15, 0.2) is 8.13 Å². The van der Waals surface area contributed by atoms with E-state index in [4.69, 9.17) is 5.14 Å². The second-order valence-corrected chi connectivity index (χ2v) is 5.94. The van der Waals surface area contributed by atoms with Gasteiger partial charge in [0.25, 0.3) is 10.0 Å². The molecule has 0 spiro atoms. The van der Waals surface area contributed by atoms with E-state index in [2.05, 4.69) is 20.9 Å². The standard InChI is InChI=1S/C4H5BrN2O2S2/c1-2-3(5)10-4(7-2)11(6,8)9/h1H3,(H2,6,8,9). The lowest BCUT2D eigenvalue weighted by Crippen LogP contribution is -2.11. The molecule has 1 rings (SSSR count). The zero-order valence-electron chi connectivity index (χ0n) is 5.54. The van der Waals surface area contributed by atoms with E-state index in [1.165, 1.54) is 0 Å². The molecule has 0 saturated carbocycles. The van der Waals surface area contributed by atoms with Crippen molar-refractivity contribution in [1.29, 1.82) is 0 Å². The van der Waals surface area contributed by atoms with E-state index < -0.39 is 10.0 Å². The summed E-state index contributed by atoms with van der Waals surface area (Å²) in [5.41, 5.74) is 0.638. The van der Waals surface area contributed by atoms with Gasteiger partial charge in [-0.2, -0.15) is 0 Å². The molecule has 1 aromatic rings. The van der Waals surface area contributed by atoms with Gasteiger partial charge in [0.05, 0.1) is 9.48 Å². The first-order valence-electron chi connectivity index (χ1n) is 2.57. The molecule has 0 aromatic carbocycles. The van der Waals surface area contributed by atoms with E-state index in [0.29, 0.717) is 9.48 Å². The Morgan fingerprint density at radius 1 is 1.64 bits per heavy atom. The van der Waals surface area contributed by atoms with E-state index in [0.717, 1.165) is 11.3 Å². The number of aryl methyl sites for hydroxylation is 1. The van der Waals surface area contributed by atoms with Gasteiger partial charge in [-0.25, -0.2) is 18.5 Å². The Kier molecular flexibility index (Phi) is 2.33. The molecule has 0 fully saturated rings. The number of nitrogens with zero attached hydrogens (tertiary/aromatic N) is 1. The molecule has 0 bridgehead atoms. The highest BCUT2D eigenvalue weighted by Gasteiger charge is 2.14. The number of hydrogen-bond acceptors (Lipinski definition) is 4. The molecular weight excluding hydrogens is 252 g/mol. The molecule has 0 aliphatic rings. The third kappa shape index (κ3) is 1.98. The summed E-state index contributed by atoms with van der Waals surface area (Å²) in [6.45, 7) is 1.70. The second-order valence-electron chi connectivity index (χ2n) is 1.88. The fraction of sp³-hybridized carbons (Fsp3) is 0.250. The van der Waals surface area contributed by atoms with Crippen LogP contribution in [0.25, 0.3) is 0 Å². The maximum atomic E-state index is 10.7. The monoisotopic (exact) mass is 256 g/mol. The normalized spacial score (nSPS) is 11.9. The average Bonchev–Trinajstić information content (AvgIpc) is 2.11. The van der Waals surface area contributed by atoms with Crippen molar-refractivity contribution in [2.45, 2.75) is 11.3 Å². The number of rotatable bonds is 1. The van der Waals surface area contributed by atoms with Crippen LogP contribution < -0.4 is 5.14 Å². The van der Waals surface area contributed by atoms with Gasteiger partial charge in [0.1, 0.15) is 0 Å². The molecule has 0 unspecified atom stereocenters. The number of hydrogen-bond donors (Lipinski definition) is 1. The summed E-state index contributed by atoms with van der Waals surface area (Å²) in [6.07, 6.45) is 0. The van der Waals surface area contributed by atoms with Crippen LogP contribution in [0.2, 0.25) is 0 Å². The lowest BCUT2D eigenvalue weighted by Gasteiger charge is -1.85. The summed E-state index contributed by atoms with van der Waals surface area (Å²) in [4.78, 5) is 3.74. The summed E-state index contributed by atoms with van der Waals surface area (Å²) in [6, 6.07) is 0. The minimum Gasteiger partial charge on any atom is -0.228 e. The van der Waals surface area contributed by atoms with Crippen molar-refractivity contribution in [3.63, 3.8) is 0 Å². The molecule has 2 N–H and O–H groups in total. The van der Waals surface area contributed by atoms with Crippen LogP contribution in [-0.2, 0) is 10.0 Å². The predicted molar refractivity (Wildman–Crippen MR) is 45.9 cm³/mol. The molecule has 1 aromatic heterocycles. The first-order chi connectivity index (χ1) is 4.91. The highest BCUT2D eigenvalue weighted by Crippen LogP contribution is 2.25. The molecule has 62 valence electrons. The molecule has 7 heteroatoms. The molecule has 0 radical (unpaired) electrons. The van der Waals surface area contributed by atoms with Crippen molar-refractivity contribution in [3.8, 4) is 0 Å². The van der Waals surface area contributed by atoms with Gasteiger partial charge in [0, 0.05) is 0 Å². The molecule has 1 heterocycles. The third-order valence-electron chi connectivity index (χ3n) is 0.964. The molecule has 0 saturated heterocycles. The number of thiazole rings is 1. The first kappa shape index (κ1) is 9.11. The maximum absolute atomic E-state index is 10.7. The van der Waals surface area contributed by atoms with Crippen LogP contribution in [0, 0.1) is 6.92 Å². The van der Waals surface area contributed by atoms with E-state index in [-0.39, 0.29) is 4.34 Å². The highest BCUT2D eigenvalue weighted by molar-refractivity contribution is 9.11. The predicted octanol–water partition coefficient (Wildman–Crippen LogP) is 0.861. The van der Waals surface area contributed by atoms with Crippen LogP contribution in [0.3, 0.4) is 0 Å². The molecular formula is C4H5BrN2O2S2. The van der Waals surface area contributed by atoms with Crippen LogP contribution in [-0.4, -0.2) is 13.4 Å². The molecule has 4 nitrogen and oxygen atoms in total. The van der Waals surface area contributed by atoms with Gasteiger partial charge < -0.3 is 0 Å². The molecule has 11 heavy (non-hydrogen) atoms. The minimum atomic E-state index is -3.63. The summed E-state index contributed by atoms with van der Waals surface area (Å²) in [7, 11) is -3.63. The van der Waals surface area contributed by atoms with Gasteiger partial charge in [-0.1, -0.05) is 11.3 Å². The fourth-order valence-electron chi connectivity index (χ4n) is 0.476. The van der Waals surface area contributed by atoms with Crippen molar-refractivity contribution >= 4 is 37.3 Å². The van der Waals surface area contributed by atoms with Crippen molar-refractivity contribution in [3.05, 3.63) is 9.48 Å². The van der Waals surface area contributed by atoms with Gasteiger partial charge in [0.15, 0.2) is 0 Å². The fourth-order valence-corrected chi connectivity index (χ4v) is 2.85. The van der Waals surface area contributed by atoms with Gasteiger partial charge in [-0.05, 0) is 22.9 Å². The van der Waals surface area contributed by atoms with Crippen molar-refractivity contribution < 1.29 is 8.42 Å². The number of halogens is 1. The number of nitrogens with two attached hydrogens (primary N) is 1. The molecule has 0 amide bonds. The Morgan fingerprint density at radius 2 is 2.18 bits per heavy atom. The van der Waals surface area contributed by atoms with E-state index in [9.17, 15) is 8.42 Å². The van der Waals surface area contributed by atoms with E-state index in [1.54, 1.807) is 6.92 Å². The first-order valence-corrected chi connectivity index (χ1v) is 5.72. The minimum absolute atomic E-state index is 0.0538. The molecule has 0 atom stereocenters. The van der Waals surface area contributed by atoms with Gasteiger partial charge >= 0.3 is 0 Å². The zero-order valence-corrected chi connectivity index (χ0v) is 8.75. The third-order valence-corrected chi connectivity index (χ3v) is 4.29. The highest BCUT2D eigenvalue weighted by atomic mass is 79.9. The largest absolute Gasteiger partial charge is 0.265 e. The van der Waals surface area contributed by atoms with Crippen LogP contribution in [0.1, 0.15) is 5.69 Å². The van der Waals surface area contributed by atoms with E-state index >= 15 is 0 Å². The summed E-state index contributed by atoms with van der Waals surface area (Å²) < 4.78 is 22.0. The lowest BCUT2D eigenvalue weighted by molar-refractivity contribution is 0.597. The summed E-state index contributed by atoms with van der Waals surface area (Å²) in [5, 5.41) is 4.84. The van der Waals surface area contributed by atoms with Crippen LogP contribution in [0.4, 0.5) is 0 Å². The smallest absolute Gasteiger partial charge is 0.228 e. The van der Waals surface area contributed by atoms with Crippen molar-refractivity contribution in [2.75, 3.05) is 0 Å². The summed E-state index contributed by atoms with van der Waals surface area (Å²) in [5.74, 6) is 0. The number of primary sulfonamides is 1. The Bertz CT molecular complexity index is 350. The van der Waals surface area contributed by atoms with Gasteiger partial charge in [-0.15, -0.1) is 0 Å². The lowest BCUT2D eigenvalue weighted by atomic mass is 10.6. The summed E-state index contributed by atoms with van der Waals surface area (Å²) >= 11 is 4.16. The van der Waals surface area contributed by atoms with E-state index in [1.807, 2.05) is 0 Å². The van der Waals surface area contributed by atoms with Gasteiger partial charge in [-0.3, -0.25) is 0 Å². The Balaban J connectivity index is 3.29. The zero-order chi connectivity index (χ0) is 8.65. The molecule has 0 aliphatic heterocycles. The Morgan fingerprint density at radius 3 is 2.36 bits per heavy atom. The Labute approximate surface area is 76.6 Å². The maximum Gasteiger partial charge on any atom is 0.265 e. The second kappa shape index (κ2) is 2.81.